The monoisotopic (exact) mass is 282 g/mol. The lowest BCUT2D eigenvalue weighted by atomic mass is 10.3. The molecule has 0 aliphatic carbocycles. The second-order valence-electron chi connectivity index (χ2n) is 4.56. The fraction of sp³-hybridized carbons (Fsp3) is 0.500. The molecule has 1 amide bonds. The van der Waals surface area contributed by atoms with Crippen molar-refractivity contribution in [2.24, 2.45) is 0 Å². The highest BCUT2D eigenvalue weighted by atomic mass is 32.2. The molecule has 1 unspecified atom stereocenters. The van der Waals surface area contributed by atoms with Crippen LogP contribution in [0.5, 0.6) is 0 Å². The van der Waals surface area contributed by atoms with Crippen LogP contribution in [0.4, 0.5) is 0 Å². The molecule has 1 atom stereocenters. The fourth-order valence-electron chi connectivity index (χ4n) is 1.69. The van der Waals surface area contributed by atoms with Crippen LogP contribution in [0.2, 0.25) is 0 Å². The van der Waals surface area contributed by atoms with Gasteiger partial charge in [-0.05, 0) is 26.1 Å². The number of thioether (sulfide) groups is 1. The molecule has 0 heterocycles. The fourth-order valence-corrected chi connectivity index (χ4v) is 2.48. The first kappa shape index (κ1) is 16.0. The van der Waals surface area contributed by atoms with Crippen LogP contribution in [0.15, 0.2) is 35.2 Å². The van der Waals surface area contributed by atoms with Gasteiger partial charge in [-0.3, -0.25) is 9.69 Å². The summed E-state index contributed by atoms with van der Waals surface area (Å²) in [6, 6.07) is 10.1. The number of nitrogens with zero attached hydrogens (tertiary/aromatic N) is 1. The van der Waals surface area contributed by atoms with Crippen molar-refractivity contribution in [3.8, 4) is 0 Å². The van der Waals surface area contributed by atoms with E-state index in [2.05, 4.69) is 17.4 Å². The van der Waals surface area contributed by atoms with Crippen molar-refractivity contribution in [1.29, 1.82) is 0 Å². The predicted molar refractivity (Wildman–Crippen MR) is 79.4 cm³/mol. The van der Waals surface area contributed by atoms with Gasteiger partial charge in [-0.2, -0.15) is 0 Å². The molecule has 2 N–H and O–H groups in total. The Morgan fingerprint density at radius 3 is 2.74 bits per heavy atom. The second-order valence-corrected chi connectivity index (χ2v) is 5.73. The maximum Gasteiger partial charge on any atom is 0.234 e. The molecule has 19 heavy (non-hydrogen) atoms. The smallest absolute Gasteiger partial charge is 0.234 e. The first-order valence-electron chi connectivity index (χ1n) is 6.39. The number of amides is 1. The van der Waals surface area contributed by atoms with E-state index in [9.17, 15) is 9.90 Å². The van der Waals surface area contributed by atoms with Crippen molar-refractivity contribution >= 4 is 17.7 Å². The van der Waals surface area contributed by atoms with E-state index in [-0.39, 0.29) is 5.91 Å². The van der Waals surface area contributed by atoms with Crippen LogP contribution in [0.1, 0.15) is 6.92 Å². The number of benzene rings is 1. The molecule has 0 fully saturated rings. The van der Waals surface area contributed by atoms with E-state index in [1.54, 1.807) is 18.7 Å². The largest absolute Gasteiger partial charge is 0.392 e. The quantitative estimate of drug-likeness (QED) is 0.556. The van der Waals surface area contributed by atoms with Crippen LogP contribution in [-0.4, -0.2) is 54.5 Å². The van der Waals surface area contributed by atoms with Crippen molar-refractivity contribution in [2.75, 3.05) is 32.4 Å². The Morgan fingerprint density at radius 2 is 2.11 bits per heavy atom. The number of carbonyl (C=O) groups is 1. The van der Waals surface area contributed by atoms with Crippen molar-refractivity contribution in [2.45, 2.75) is 17.9 Å². The van der Waals surface area contributed by atoms with Crippen molar-refractivity contribution < 1.29 is 9.90 Å². The van der Waals surface area contributed by atoms with Gasteiger partial charge in [0.25, 0.3) is 0 Å². The minimum atomic E-state index is -0.411. The first-order chi connectivity index (χ1) is 9.08. The van der Waals surface area contributed by atoms with Crippen LogP contribution in [-0.2, 0) is 4.79 Å². The Labute approximate surface area is 119 Å². The molecule has 0 bridgehead atoms. The summed E-state index contributed by atoms with van der Waals surface area (Å²) in [5.74, 6) is 0.854. The predicted octanol–water partition coefficient (Wildman–Crippen LogP) is 1.21. The Hall–Kier alpha value is -1.04. The minimum Gasteiger partial charge on any atom is -0.392 e. The Morgan fingerprint density at radius 1 is 1.42 bits per heavy atom. The van der Waals surface area contributed by atoms with E-state index in [0.29, 0.717) is 19.6 Å². The highest BCUT2D eigenvalue weighted by Crippen LogP contribution is 2.15. The zero-order chi connectivity index (χ0) is 14.1. The van der Waals surface area contributed by atoms with Crippen LogP contribution < -0.4 is 5.32 Å². The van der Waals surface area contributed by atoms with E-state index in [1.807, 2.05) is 30.1 Å². The van der Waals surface area contributed by atoms with E-state index in [0.717, 1.165) is 5.75 Å². The molecule has 4 nitrogen and oxygen atoms in total. The molecule has 0 aromatic heterocycles. The van der Waals surface area contributed by atoms with Gasteiger partial charge in [-0.25, -0.2) is 0 Å². The summed E-state index contributed by atoms with van der Waals surface area (Å²) in [5, 5.41) is 12.1. The highest BCUT2D eigenvalue weighted by molar-refractivity contribution is 7.99. The van der Waals surface area contributed by atoms with Gasteiger partial charge in [-0.1, -0.05) is 18.2 Å². The molecule has 0 aliphatic rings. The zero-order valence-corrected chi connectivity index (χ0v) is 12.3. The van der Waals surface area contributed by atoms with Crippen LogP contribution in [0.3, 0.4) is 0 Å². The van der Waals surface area contributed by atoms with E-state index in [1.165, 1.54) is 4.90 Å². The maximum atomic E-state index is 11.6. The first-order valence-corrected chi connectivity index (χ1v) is 7.37. The Kier molecular flexibility index (Phi) is 7.55. The van der Waals surface area contributed by atoms with Gasteiger partial charge in [0, 0.05) is 23.7 Å². The molecule has 0 radical (unpaired) electrons. The number of aliphatic hydroxyl groups excluding tert-OH is 1. The molecule has 1 rings (SSSR count). The minimum absolute atomic E-state index is 0.00295. The summed E-state index contributed by atoms with van der Waals surface area (Å²) in [4.78, 5) is 14.6. The van der Waals surface area contributed by atoms with Gasteiger partial charge < -0.3 is 10.4 Å². The molecule has 0 spiro atoms. The number of nitrogens with one attached hydrogen (secondary N) is 1. The number of hydrogen-bond acceptors (Lipinski definition) is 4. The van der Waals surface area contributed by atoms with Crippen LogP contribution >= 0.6 is 11.8 Å². The van der Waals surface area contributed by atoms with Gasteiger partial charge in [0.05, 0.1) is 12.6 Å². The average molecular weight is 282 g/mol. The lowest BCUT2D eigenvalue weighted by Crippen LogP contribution is -2.38. The zero-order valence-electron chi connectivity index (χ0n) is 11.5. The number of hydrogen-bond donors (Lipinski definition) is 2. The van der Waals surface area contributed by atoms with Crippen molar-refractivity contribution in [3.63, 3.8) is 0 Å². The second kappa shape index (κ2) is 8.96. The number of likely N-dealkylation sites (N-methyl/N-ethyl adjacent to an activating group) is 1. The molecule has 106 valence electrons. The number of carbonyl (C=O) groups excluding carboxylic acids is 1. The molecular weight excluding hydrogens is 260 g/mol. The van der Waals surface area contributed by atoms with Crippen LogP contribution in [0.25, 0.3) is 0 Å². The number of aliphatic hydroxyl groups is 1. The molecule has 0 saturated heterocycles. The van der Waals surface area contributed by atoms with Gasteiger partial charge in [0.15, 0.2) is 0 Å². The van der Waals surface area contributed by atoms with Crippen LogP contribution in [0, 0.1) is 0 Å². The van der Waals surface area contributed by atoms with Gasteiger partial charge >= 0.3 is 0 Å². The van der Waals surface area contributed by atoms with Gasteiger partial charge in [0.1, 0.15) is 0 Å². The van der Waals surface area contributed by atoms with Gasteiger partial charge in [-0.15, -0.1) is 11.8 Å². The maximum absolute atomic E-state index is 11.6. The lowest BCUT2D eigenvalue weighted by molar-refractivity contribution is -0.122. The average Bonchev–Trinajstić information content (AvgIpc) is 2.35. The molecule has 0 aliphatic heterocycles. The third-order valence-corrected chi connectivity index (χ3v) is 3.44. The summed E-state index contributed by atoms with van der Waals surface area (Å²) in [6.07, 6.45) is -0.411. The van der Waals surface area contributed by atoms with Gasteiger partial charge in [0.2, 0.25) is 5.91 Å². The van der Waals surface area contributed by atoms with E-state index < -0.39 is 6.10 Å². The molecule has 1 aromatic carbocycles. The Bertz CT molecular complexity index is 371. The molecular formula is C14H22N2O2S. The van der Waals surface area contributed by atoms with Crippen molar-refractivity contribution in [1.82, 2.24) is 10.2 Å². The topological polar surface area (TPSA) is 52.6 Å². The summed E-state index contributed by atoms with van der Waals surface area (Å²) < 4.78 is 0. The summed E-state index contributed by atoms with van der Waals surface area (Å²) in [5.41, 5.74) is 0. The van der Waals surface area contributed by atoms with E-state index >= 15 is 0 Å². The molecule has 1 aromatic rings. The SMILES string of the molecule is CC(O)CN(C)CC(=O)NCCSc1ccccc1. The highest BCUT2D eigenvalue weighted by Gasteiger charge is 2.07. The Balaban J connectivity index is 2.10. The summed E-state index contributed by atoms with van der Waals surface area (Å²) >= 11 is 1.72. The lowest BCUT2D eigenvalue weighted by Gasteiger charge is -2.17. The normalized spacial score (nSPS) is 12.4. The summed E-state index contributed by atoms with van der Waals surface area (Å²) in [7, 11) is 1.82. The van der Waals surface area contributed by atoms with Crippen molar-refractivity contribution in [3.05, 3.63) is 30.3 Å². The standard InChI is InChI=1S/C14H22N2O2S/c1-12(17)10-16(2)11-14(18)15-8-9-19-13-6-4-3-5-7-13/h3-7,12,17H,8-11H2,1-2H3,(H,15,18). The number of rotatable bonds is 8. The third kappa shape index (κ3) is 7.87. The molecule has 0 saturated carbocycles. The third-order valence-electron chi connectivity index (χ3n) is 2.43. The summed E-state index contributed by atoms with van der Waals surface area (Å²) in [6.45, 7) is 3.19. The van der Waals surface area contributed by atoms with E-state index in [4.69, 9.17) is 0 Å². The molecule has 5 heteroatoms.